The lowest BCUT2D eigenvalue weighted by atomic mass is 9.93. The van der Waals surface area contributed by atoms with Crippen molar-refractivity contribution >= 4 is 40.9 Å². The number of carbonyl (C=O) groups excluding carboxylic acids is 2. The van der Waals surface area contributed by atoms with E-state index in [1.165, 1.54) is 36.0 Å². The quantitative estimate of drug-likeness (QED) is 0.795. The van der Waals surface area contributed by atoms with Gasteiger partial charge in [-0.2, -0.15) is 0 Å². The van der Waals surface area contributed by atoms with E-state index >= 15 is 0 Å². The van der Waals surface area contributed by atoms with Crippen molar-refractivity contribution in [2.45, 2.75) is 6.10 Å². The molecule has 1 heterocycles. The van der Waals surface area contributed by atoms with Gasteiger partial charge in [-0.05, 0) is 24.3 Å². The van der Waals surface area contributed by atoms with Crippen molar-refractivity contribution in [3.05, 3.63) is 70.4 Å². The second-order valence-electron chi connectivity index (χ2n) is 6.28. The van der Waals surface area contributed by atoms with Crippen molar-refractivity contribution in [1.82, 2.24) is 0 Å². The monoisotopic (exact) mass is 399 g/mol. The molecule has 0 radical (unpaired) electrons. The van der Waals surface area contributed by atoms with Gasteiger partial charge in [-0.25, -0.2) is 9.18 Å². The van der Waals surface area contributed by atoms with Gasteiger partial charge in [0.25, 0.3) is 0 Å². The van der Waals surface area contributed by atoms with E-state index in [9.17, 15) is 23.9 Å². The molecular formula is C20H14FNO5S. The number of carboxylic acid groups (broad SMARTS) is 1. The number of amides is 1. The fourth-order valence-corrected chi connectivity index (χ4v) is 4.20. The van der Waals surface area contributed by atoms with Crippen molar-refractivity contribution < 1.29 is 28.6 Å². The topological polar surface area (TPSA) is 83.9 Å². The lowest BCUT2D eigenvalue weighted by Gasteiger charge is -2.33. The standard InChI is InChI=1S/C20H14FNO5S/c21-11-5-7-12(8-6-11)22(20(25)26)9-13-10-28-19-17(24)16(23)14-3-1-2-4-15(14)18(19)27-13/h1-8,13H,9-10H2,(H,25,26). The van der Waals surface area contributed by atoms with Crippen molar-refractivity contribution in [3.8, 4) is 0 Å². The molecule has 0 fully saturated rings. The number of fused-ring (bicyclic) bond motifs is 2. The first kappa shape index (κ1) is 18.2. The van der Waals surface area contributed by atoms with Gasteiger partial charge in [0, 0.05) is 22.6 Å². The van der Waals surface area contributed by atoms with E-state index in [0.29, 0.717) is 22.8 Å². The third kappa shape index (κ3) is 3.16. The van der Waals surface area contributed by atoms with Crippen LogP contribution in [0.3, 0.4) is 0 Å². The maximum absolute atomic E-state index is 13.1. The molecule has 1 aliphatic carbocycles. The number of allylic oxidation sites excluding steroid dienone is 1. The van der Waals surface area contributed by atoms with Crippen molar-refractivity contribution in [3.63, 3.8) is 0 Å². The number of ketones is 2. The van der Waals surface area contributed by atoms with Gasteiger partial charge in [-0.3, -0.25) is 14.5 Å². The van der Waals surface area contributed by atoms with E-state index in [4.69, 9.17) is 4.74 Å². The SMILES string of the molecule is O=C1C(=O)c2ccccc2C2=C1SCC(CN(C(=O)O)c1ccc(F)cc1)O2. The zero-order chi connectivity index (χ0) is 19.8. The lowest BCUT2D eigenvalue weighted by molar-refractivity contribution is -0.111. The molecule has 6 nitrogen and oxygen atoms in total. The Hall–Kier alpha value is -3.13. The van der Waals surface area contributed by atoms with E-state index in [1.54, 1.807) is 24.3 Å². The Bertz CT molecular complexity index is 1020. The highest BCUT2D eigenvalue weighted by atomic mass is 32.2. The Morgan fingerprint density at radius 2 is 1.79 bits per heavy atom. The number of ether oxygens (including phenoxy) is 1. The van der Waals surface area contributed by atoms with Crippen LogP contribution >= 0.6 is 11.8 Å². The van der Waals surface area contributed by atoms with Gasteiger partial charge in [0.2, 0.25) is 11.6 Å². The van der Waals surface area contributed by atoms with Crippen LogP contribution in [0.5, 0.6) is 0 Å². The predicted molar refractivity (Wildman–Crippen MR) is 102 cm³/mol. The number of hydrogen-bond acceptors (Lipinski definition) is 5. The second kappa shape index (κ2) is 7.12. The van der Waals surface area contributed by atoms with Gasteiger partial charge in [-0.1, -0.05) is 24.3 Å². The number of hydrogen-bond donors (Lipinski definition) is 1. The van der Waals surface area contributed by atoms with Gasteiger partial charge in [0.15, 0.2) is 0 Å². The Labute approximate surface area is 163 Å². The molecule has 2 aliphatic rings. The van der Waals surface area contributed by atoms with E-state index in [-0.39, 0.29) is 17.0 Å². The summed E-state index contributed by atoms with van der Waals surface area (Å²) in [5.74, 6) is -1.01. The van der Waals surface area contributed by atoms with Crippen LogP contribution in [0.15, 0.2) is 53.4 Å². The summed E-state index contributed by atoms with van der Waals surface area (Å²) in [4.78, 5) is 37.6. The zero-order valence-electron chi connectivity index (χ0n) is 14.4. The Morgan fingerprint density at radius 3 is 2.46 bits per heavy atom. The molecule has 1 aliphatic heterocycles. The first-order valence-electron chi connectivity index (χ1n) is 8.44. The van der Waals surface area contributed by atoms with Crippen LogP contribution in [0.1, 0.15) is 15.9 Å². The number of benzene rings is 2. The molecule has 0 saturated carbocycles. The highest BCUT2D eigenvalue weighted by molar-refractivity contribution is 8.04. The molecule has 142 valence electrons. The summed E-state index contributed by atoms with van der Waals surface area (Å²) in [7, 11) is 0. The minimum absolute atomic E-state index is 0.00491. The summed E-state index contributed by atoms with van der Waals surface area (Å²) in [6.45, 7) is -0.00491. The van der Waals surface area contributed by atoms with Crippen LogP contribution < -0.4 is 4.90 Å². The number of halogens is 1. The Morgan fingerprint density at radius 1 is 1.11 bits per heavy atom. The number of anilines is 1. The molecule has 0 spiro atoms. The molecule has 1 amide bonds. The molecular weight excluding hydrogens is 385 g/mol. The summed E-state index contributed by atoms with van der Waals surface area (Å²) in [6, 6.07) is 11.8. The smallest absolute Gasteiger partial charge is 0.411 e. The minimum Gasteiger partial charge on any atom is -0.486 e. The number of nitrogens with zero attached hydrogens (tertiary/aromatic N) is 1. The number of carbonyl (C=O) groups is 3. The average molecular weight is 399 g/mol. The molecule has 0 aromatic heterocycles. The first-order valence-corrected chi connectivity index (χ1v) is 9.42. The maximum atomic E-state index is 13.1. The normalized spacial score (nSPS) is 18.2. The van der Waals surface area contributed by atoms with Crippen LogP contribution in [0.2, 0.25) is 0 Å². The number of thioether (sulfide) groups is 1. The van der Waals surface area contributed by atoms with Crippen molar-refractivity contribution in [2.24, 2.45) is 0 Å². The molecule has 2 aromatic carbocycles. The Balaban J connectivity index is 1.62. The largest absolute Gasteiger partial charge is 0.486 e. The molecule has 28 heavy (non-hydrogen) atoms. The number of rotatable bonds is 3. The van der Waals surface area contributed by atoms with E-state index < -0.39 is 29.6 Å². The first-order chi connectivity index (χ1) is 13.5. The predicted octanol–water partition coefficient (Wildman–Crippen LogP) is 3.58. The van der Waals surface area contributed by atoms with Gasteiger partial charge in [0.05, 0.1) is 6.54 Å². The van der Waals surface area contributed by atoms with Crippen LogP contribution in [0.25, 0.3) is 5.76 Å². The Kier molecular flexibility index (Phi) is 4.64. The third-order valence-electron chi connectivity index (χ3n) is 4.49. The van der Waals surface area contributed by atoms with Gasteiger partial charge in [-0.15, -0.1) is 11.8 Å². The zero-order valence-corrected chi connectivity index (χ0v) is 15.2. The molecule has 0 bridgehead atoms. The fraction of sp³-hybridized carbons (Fsp3) is 0.150. The summed E-state index contributed by atoms with van der Waals surface area (Å²) in [5.41, 5.74) is 1.13. The molecule has 1 N–H and O–H groups in total. The molecule has 2 aromatic rings. The molecule has 1 unspecified atom stereocenters. The van der Waals surface area contributed by atoms with Crippen LogP contribution in [-0.2, 0) is 9.53 Å². The molecule has 8 heteroatoms. The summed E-state index contributed by atoms with van der Waals surface area (Å²) >= 11 is 1.19. The van der Waals surface area contributed by atoms with Crippen molar-refractivity contribution in [1.29, 1.82) is 0 Å². The van der Waals surface area contributed by atoms with Crippen LogP contribution in [0.4, 0.5) is 14.9 Å². The number of Topliss-reactive ketones (excluding diaryl/α,β-unsaturated/α-hetero) is 2. The van der Waals surface area contributed by atoms with Crippen molar-refractivity contribution in [2.75, 3.05) is 17.2 Å². The van der Waals surface area contributed by atoms with E-state index in [0.717, 1.165) is 4.90 Å². The minimum atomic E-state index is -1.20. The average Bonchev–Trinajstić information content (AvgIpc) is 2.71. The molecule has 0 saturated heterocycles. The van der Waals surface area contributed by atoms with Crippen LogP contribution in [-0.4, -0.2) is 41.2 Å². The second-order valence-corrected chi connectivity index (χ2v) is 7.31. The third-order valence-corrected chi connectivity index (χ3v) is 5.69. The van der Waals surface area contributed by atoms with Gasteiger partial charge >= 0.3 is 6.09 Å². The van der Waals surface area contributed by atoms with E-state index in [2.05, 4.69) is 0 Å². The summed E-state index contributed by atoms with van der Waals surface area (Å²) < 4.78 is 19.1. The fourth-order valence-electron chi connectivity index (χ4n) is 3.16. The van der Waals surface area contributed by atoms with Gasteiger partial charge in [0.1, 0.15) is 22.6 Å². The van der Waals surface area contributed by atoms with Crippen LogP contribution in [0, 0.1) is 5.82 Å². The highest BCUT2D eigenvalue weighted by Crippen LogP contribution is 2.40. The molecule has 4 rings (SSSR count). The maximum Gasteiger partial charge on any atom is 0.411 e. The molecule has 1 atom stereocenters. The van der Waals surface area contributed by atoms with Gasteiger partial charge < -0.3 is 9.84 Å². The summed E-state index contributed by atoms with van der Waals surface area (Å²) in [5, 5.41) is 9.55. The lowest BCUT2D eigenvalue weighted by Crippen LogP contribution is -2.41. The van der Waals surface area contributed by atoms with E-state index in [1.807, 2.05) is 0 Å². The summed E-state index contributed by atoms with van der Waals surface area (Å²) in [6.07, 6.45) is -1.74. The highest BCUT2D eigenvalue weighted by Gasteiger charge is 2.38.